The van der Waals surface area contributed by atoms with Gasteiger partial charge in [0.05, 0.1) is 24.3 Å². The normalized spacial score (nSPS) is 9.13. The van der Waals surface area contributed by atoms with Crippen LogP contribution < -0.4 is 0 Å². The van der Waals surface area contributed by atoms with Gasteiger partial charge in [0.25, 0.3) is 0 Å². The second kappa shape index (κ2) is 4.38. The third-order valence-corrected chi connectivity index (χ3v) is 1.97. The van der Waals surface area contributed by atoms with E-state index < -0.39 is 5.97 Å². The zero-order chi connectivity index (χ0) is 11.4. The van der Waals surface area contributed by atoms with Gasteiger partial charge in [0.15, 0.2) is 6.29 Å². The van der Waals surface area contributed by atoms with E-state index in [1.807, 2.05) is 6.07 Å². The van der Waals surface area contributed by atoms with Crippen molar-refractivity contribution in [3.8, 4) is 6.07 Å². The molecule has 15 heavy (non-hydrogen) atoms. The lowest BCUT2D eigenvalue weighted by Gasteiger charge is -2.05. The molecule has 0 saturated heterocycles. The van der Waals surface area contributed by atoms with Gasteiger partial charge in [0.1, 0.15) is 0 Å². The first kappa shape index (κ1) is 10.9. The number of aryl methyl sites for hydroxylation is 1. The number of esters is 1. The van der Waals surface area contributed by atoms with E-state index in [-0.39, 0.29) is 16.7 Å². The van der Waals surface area contributed by atoms with Crippen molar-refractivity contribution in [2.24, 2.45) is 0 Å². The highest BCUT2D eigenvalue weighted by Gasteiger charge is 2.15. The summed E-state index contributed by atoms with van der Waals surface area (Å²) in [6.07, 6.45) is 0.490. The van der Waals surface area contributed by atoms with Crippen molar-refractivity contribution < 1.29 is 14.3 Å². The lowest BCUT2D eigenvalue weighted by atomic mass is 10.00. The highest BCUT2D eigenvalue weighted by atomic mass is 16.5. The number of ether oxygens (including phenoxy) is 1. The van der Waals surface area contributed by atoms with Gasteiger partial charge in [-0.1, -0.05) is 0 Å². The maximum atomic E-state index is 11.3. The Balaban J connectivity index is 3.50. The minimum absolute atomic E-state index is 0.0787. The summed E-state index contributed by atoms with van der Waals surface area (Å²) in [6, 6.07) is 4.94. The number of carbonyl (C=O) groups is 2. The molecule has 0 spiro atoms. The molecule has 0 aromatic heterocycles. The largest absolute Gasteiger partial charge is 0.465 e. The number of rotatable bonds is 2. The fourth-order valence-electron chi connectivity index (χ4n) is 1.30. The van der Waals surface area contributed by atoms with Crippen LogP contribution in [0.15, 0.2) is 12.1 Å². The fraction of sp³-hybridized carbons (Fsp3) is 0.182. The van der Waals surface area contributed by atoms with Crippen LogP contribution in [0.1, 0.15) is 31.8 Å². The molecule has 4 nitrogen and oxygen atoms in total. The molecular weight excluding hydrogens is 194 g/mol. The molecule has 1 rings (SSSR count). The van der Waals surface area contributed by atoms with Crippen LogP contribution in [0, 0.1) is 18.3 Å². The quantitative estimate of drug-likeness (QED) is 0.539. The lowest BCUT2D eigenvalue weighted by Crippen LogP contribution is -2.07. The van der Waals surface area contributed by atoms with E-state index in [0.29, 0.717) is 6.29 Å². The van der Waals surface area contributed by atoms with Crippen molar-refractivity contribution >= 4 is 12.3 Å². The van der Waals surface area contributed by atoms with Crippen LogP contribution >= 0.6 is 0 Å². The summed E-state index contributed by atoms with van der Waals surface area (Å²) in [6.45, 7) is 1.74. The van der Waals surface area contributed by atoms with Crippen molar-refractivity contribution in [3.05, 3.63) is 34.4 Å². The maximum absolute atomic E-state index is 11.3. The molecule has 1 aromatic rings. The number of methoxy groups -OCH3 is 1. The van der Waals surface area contributed by atoms with Gasteiger partial charge in [-0.3, -0.25) is 4.79 Å². The zero-order valence-electron chi connectivity index (χ0n) is 8.40. The van der Waals surface area contributed by atoms with Gasteiger partial charge in [-0.15, -0.1) is 0 Å². The first-order valence-electron chi connectivity index (χ1n) is 4.22. The molecule has 0 atom stereocenters. The minimum Gasteiger partial charge on any atom is -0.465 e. The van der Waals surface area contributed by atoms with Crippen LogP contribution in [0.5, 0.6) is 0 Å². The van der Waals surface area contributed by atoms with Crippen molar-refractivity contribution in [3.63, 3.8) is 0 Å². The first-order valence-corrected chi connectivity index (χ1v) is 4.22. The molecule has 0 aliphatic carbocycles. The number of hydrogen-bond donors (Lipinski definition) is 0. The van der Waals surface area contributed by atoms with E-state index in [1.165, 1.54) is 13.2 Å². The highest BCUT2D eigenvalue weighted by molar-refractivity contribution is 5.99. The van der Waals surface area contributed by atoms with E-state index in [2.05, 4.69) is 4.74 Å². The maximum Gasteiger partial charge on any atom is 0.338 e. The molecule has 0 amide bonds. The Morgan fingerprint density at radius 3 is 2.67 bits per heavy atom. The summed E-state index contributed by atoms with van der Waals surface area (Å²) in [4.78, 5) is 22.1. The SMILES string of the molecule is COC(=O)c1cc(C)cc(C#N)c1C=O. The predicted molar refractivity (Wildman–Crippen MR) is 52.6 cm³/mol. The summed E-state index contributed by atoms with van der Waals surface area (Å²) in [7, 11) is 1.23. The molecule has 0 N–H and O–H groups in total. The predicted octanol–water partition coefficient (Wildman–Crippen LogP) is 1.47. The molecule has 0 unspecified atom stereocenters. The van der Waals surface area contributed by atoms with E-state index in [0.717, 1.165) is 5.56 Å². The van der Waals surface area contributed by atoms with E-state index in [1.54, 1.807) is 13.0 Å². The van der Waals surface area contributed by atoms with Crippen LogP contribution in [0.4, 0.5) is 0 Å². The van der Waals surface area contributed by atoms with Crippen molar-refractivity contribution in [2.45, 2.75) is 6.92 Å². The van der Waals surface area contributed by atoms with Gasteiger partial charge in [-0.25, -0.2) is 4.79 Å². The van der Waals surface area contributed by atoms with Gasteiger partial charge in [0.2, 0.25) is 0 Å². The number of nitrogens with zero attached hydrogens (tertiary/aromatic N) is 1. The highest BCUT2D eigenvalue weighted by Crippen LogP contribution is 2.16. The molecule has 4 heteroatoms. The van der Waals surface area contributed by atoms with Gasteiger partial charge in [-0.05, 0) is 24.6 Å². The second-order valence-corrected chi connectivity index (χ2v) is 2.99. The van der Waals surface area contributed by atoms with Crippen LogP contribution in [0.2, 0.25) is 0 Å². The van der Waals surface area contributed by atoms with Crippen LogP contribution in [-0.4, -0.2) is 19.4 Å². The van der Waals surface area contributed by atoms with Crippen molar-refractivity contribution in [1.82, 2.24) is 0 Å². The Kier molecular flexibility index (Phi) is 3.19. The Morgan fingerprint density at radius 2 is 2.20 bits per heavy atom. The zero-order valence-corrected chi connectivity index (χ0v) is 8.40. The van der Waals surface area contributed by atoms with Crippen molar-refractivity contribution in [1.29, 1.82) is 5.26 Å². The Labute approximate surface area is 87.1 Å². The van der Waals surface area contributed by atoms with Crippen LogP contribution in [-0.2, 0) is 4.74 Å². The molecular formula is C11H9NO3. The topological polar surface area (TPSA) is 67.2 Å². The summed E-state index contributed by atoms with van der Waals surface area (Å²) in [5, 5.41) is 8.79. The summed E-state index contributed by atoms with van der Waals surface area (Å²) >= 11 is 0. The third-order valence-electron chi connectivity index (χ3n) is 1.97. The van der Waals surface area contributed by atoms with Crippen LogP contribution in [0.3, 0.4) is 0 Å². The molecule has 0 radical (unpaired) electrons. The standard InChI is InChI=1S/C11H9NO3/c1-7-3-8(5-12)10(6-13)9(4-7)11(14)15-2/h3-4,6H,1-2H3. The second-order valence-electron chi connectivity index (χ2n) is 2.99. The number of hydrogen-bond acceptors (Lipinski definition) is 4. The smallest absolute Gasteiger partial charge is 0.338 e. The summed E-state index contributed by atoms with van der Waals surface area (Å²) < 4.78 is 4.53. The molecule has 0 heterocycles. The molecule has 1 aromatic carbocycles. The minimum atomic E-state index is -0.614. The summed E-state index contributed by atoms with van der Waals surface area (Å²) in [5.41, 5.74) is 1.13. The first-order chi connectivity index (χ1) is 7.13. The van der Waals surface area contributed by atoms with E-state index in [4.69, 9.17) is 5.26 Å². The number of aldehydes is 1. The third kappa shape index (κ3) is 2.02. The summed E-state index contributed by atoms with van der Waals surface area (Å²) in [5.74, 6) is -0.614. The molecule has 0 saturated carbocycles. The average molecular weight is 203 g/mol. The van der Waals surface area contributed by atoms with E-state index >= 15 is 0 Å². The van der Waals surface area contributed by atoms with Crippen molar-refractivity contribution in [2.75, 3.05) is 7.11 Å². The van der Waals surface area contributed by atoms with Gasteiger partial charge >= 0.3 is 5.97 Å². The number of benzene rings is 1. The van der Waals surface area contributed by atoms with Gasteiger partial charge < -0.3 is 4.74 Å². The molecule has 0 aliphatic heterocycles. The molecule has 0 bridgehead atoms. The van der Waals surface area contributed by atoms with Gasteiger partial charge in [-0.2, -0.15) is 5.26 Å². The lowest BCUT2D eigenvalue weighted by molar-refractivity contribution is 0.0598. The molecule has 76 valence electrons. The Hall–Kier alpha value is -2.15. The number of carbonyl (C=O) groups excluding carboxylic acids is 2. The monoisotopic (exact) mass is 203 g/mol. The Bertz CT molecular complexity index is 458. The molecule has 0 fully saturated rings. The average Bonchev–Trinajstić information content (AvgIpc) is 2.26. The Morgan fingerprint density at radius 1 is 1.53 bits per heavy atom. The van der Waals surface area contributed by atoms with Crippen LogP contribution in [0.25, 0.3) is 0 Å². The molecule has 0 aliphatic rings. The number of nitriles is 1. The van der Waals surface area contributed by atoms with Gasteiger partial charge in [0, 0.05) is 5.56 Å². The fourth-order valence-corrected chi connectivity index (χ4v) is 1.30. The van der Waals surface area contributed by atoms with E-state index in [9.17, 15) is 9.59 Å².